The van der Waals surface area contributed by atoms with Crippen molar-refractivity contribution >= 4 is 0 Å². The fourth-order valence-corrected chi connectivity index (χ4v) is 0. The van der Waals surface area contributed by atoms with E-state index in [1.807, 2.05) is 0 Å². The van der Waals surface area contributed by atoms with Gasteiger partial charge >= 0.3 is 6.68 Å². The largest absolute Gasteiger partial charge is 0.379 e. The predicted octanol–water partition coefficient (Wildman–Crippen LogP) is 1.50. The van der Waals surface area contributed by atoms with E-state index in [0.29, 0.717) is 0 Å². The zero-order valence-electron chi connectivity index (χ0n) is 6.16. The summed E-state index contributed by atoms with van der Waals surface area (Å²) in [5, 5.41) is 0. The molecule has 0 saturated heterocycles. The lowest BCUT2D eigenvalue weighted by molar-refractivity contribution is -0.849. The van der Waals surface area contributed by atoms with Crippen molar-refractivity contribution in [2.45, 2.75) is 6.68 Å². The van der Waals surface area contributed by atoms with Crippen LogP contribution in [0.5, 0.6) is 0 Å². The quantitative estimate of drug-likeness (QED) is 0.452. The summed E-state index contributed by atoms with van der Waals surface area (Å²) >= 11 is 0. The number of nitrogens with zero attached hydrogens (tertiary/aromatic N) is 1. The van der Waals surface area contributed by atoms with E-state index in [2.05, 4.69) is 28.2 Å². The van der Waals surface area contributed by atoms with Gasteiger partial charge in [0.25, 0.3) is 0 Å². The lowest BCUT2D eigenvalue weighted by atomic mass is 10.8. The van der Waals surface area contributed by atoms with E-state index in [-0.39, 0.29) is 0 Å². The third kappa shape index (κ3) is 4100. The van der Waals surface area contributed by atoms with Crippen molar-refractivity contribution in [2.24, 2.45) is 0 Å². The van der Waals surface area contributed by atoms with E-state index >= 15 is 0 Å². The van der Waals surface area contributed by atoms with Gasteiger partial charge in [0.15, 0.2) is 0 Å². The standard InChI is InChI=1S/C4H12N.CHF3/c1-5(2,3)4;2-1(3)4/h1-4H3;1H/q+1;. The molecule has 0 aromatic heterocycles. The fraction of sp³-hybridized carbons (Fsp3) is 1.00. The molecule has 9 heavy (non-hydrogen) atoms. The number of halogens is 3. The minimum Gasteiger partial charge on any atom is -0.333 e. The van der Waals surface area contributed by atoms with E-state index in [1.54, 1.807) is 0 Å². The molecule has 0 bridgehead atoms. The molecule has 0 rings (SSSR count). The highest BCUT2D eigenvalue weighted by Crippen LogP contribution is 1.87. The highest BCUT2D eigenvalue weighted by Gasteiger charge is 1.88. The predicted molar refractivity (Wildman–Crippen MR) is 31.1 cm³/mol. The van der Waals surface area contributed by atoms with Crippen LogP contribution in [0.25, 0.3) is 0 Å². The molecule has 0 fully saturated rings. The Labute approximate surface area is 53.7 Å². The smallest absolute Gasteiger partial charge is 0.333 e. The Morgan fingerprint density at radius 1 is 0.889 bits per heavy atom. The van der Waals surface area contributed by atoms with E-state index in [1.165, 1.54) is 0 Å². The van der Waals surface area contributed by atoms with Crippen LogP contribution in [0.3, 0.4) is 0 Å². The van der Waals surface area contributed by atoms with Crippen LogP contribution in [0.15, 0.2) is 0 Å². The molecule has 0 aromatic carbocycles. The summed E-state index contributed by atoms with van der Waals surface area (Å²) in [5.74, 6) is 0. The molecule has 0 aromatic rings. The van der Waals surface area contributed by atoms with Crippen molar-refractivity contribution < 1.29 is 17.7 Å². The van der Waals surface area contributed by atoms with Crippen molar-refractivity contribution in [1.82, 2.24) is 0 Å². The molecule has 0 heterocycles. The highest BCUT2D eigenvalue weighted by atomic mass is 19.4. The highest BCUT2D eigenvalue weighted by molar-refractivity contribution is 3.87. The second-order valence-corrected chi connectivity index (χ2v) is 2.93. The summed E-state index contributed by atoms with van der Waals surface area (Å²) < 4.78 is 30.0. The van der Waals surface area contributed by atoms with Crippen molar-refractivity contribution in [3.05, 3.63) is 0 Å². The third-order valence-electron chi connectivity index (χ3n) is 0. The number of hydrogen-bond donors (Lipinski definition) is 0. The lowest BCUT2D eigenvalue weighted by Crippen LogP contribution is -2.27. The number of alkyl halides is 3. The average Bonchev–Trinajstić information content (AvgIpc) is 1.19. The molecule has 58 valence electrons. The molecule has 4 heteroatoms. The van der Waals surface area contributed by atoms with Crippen LogP contribution >= 0.6 is 0 Å². The van der Waals surface area contributed by atoms with Gasteiger partial charge in [-0.25, -0.2) is 0 Å². The molecule has 0 saturated carbocycles. The monoisotopic (exact) mass is 144 g/mol. The molecule has 1 nitrogen and oxygen atoms in total. The molecule has 0 aliphatic heterocycles. The first-order chi connectivity index (χ1) is 3.73. The van der Waals surface area contributed by atoms with Crippen LogP contribution in [0.1, 0.15) is 0 Å². The maximum atomic E-state index is 9.67. The van der Waals surface area contributed by atoms with Gasteiger partial charge < -0.3 is 4.48 Å². The zero-order chi connectivity index (χ0) is 8.08. The van der Waals surface area contributed by atoms with Crippen molar-refractivity contribution in [3.8, 4) is 0 Å². The van der Waals surface area contributed by atoms with Crippen LogP contribution in [-0.2, 0) is 0 Å². The summed E-state index contributed by atoms with van der Waals surface area (Å²) in [5.41, 5.74) is 0. The first kappa shape index (κ1) is 11.5. The topological polar surface area (TPSA) is 0 Å². The summed E-state index contributed by atoms with van der Waals surface area (Å²) in [6.07, 6.45) is 0. The van der Waals surface area contributed by atoms with Crippen LogP contribution in [-0.4, -0.2) is 39.4 Å². The Morgan fingerprint density at radius 2 is 0.889 bits per heavy atom. The van der Waals surface area contributed by atoms with Crippen LogP contribution in [0, 0.1) is 0 Å². The molecule has 0 unspecified atom stereocenters. The number of hydrogen-bond acceptors (Lipinski definition) is 0. The molecule has 0 N–H and O–H groups in total. The summed E-state index contributed by atoms with van der Waals surface area (Å²) in [7, 11) is 8.50. The van der Waals surface area contributed by atoms with Crippen molar-refractivity contribution in [2.75, 3.05) is 28.2 Å². The first-order valence-corrected chi connectivity index (χ1v) is 2.44. The van der Waals surface area contributed by atoms with Crippen LogP contribution in [0.2, 0.25) is 0 Å². The van der Waals surface area contributed by atoms with E-state index in [4.69, 9.17) is 0 Å². The van der Waals surface area contributed by atoms with Gasteiger partial charge in [-0.3, -0.25) is 0 Å². The normalized spacial score (nSPS) is 10.7. The van der Waals surface area contributed by atoms with Gasteiger partial charge in [-0.2, -0.15) is 13.2 Å². The summed E-state index contributed by atoms with van der Waals surface area (Å²) in [6, 6.07) is 0. The van der Waals surface area contributed by atoms with Crippen molar-refractivity contribution in [1.29, 1.82) is 0 Å². The van der Waals surface area contributed by atoms with E-state index in [0.717, 1.165) is 4.48 Å². The van der Waals surface area contributed by atoms with Gasteiger partial charge in [0, 0.05) is 0 Å². The zero-order valence-corrected chi connectivity index (χ0v) is 6.16. The van der Waals surface area contributed by atoms with Crippen LogP contribution in [0.4, 0.5) is 13.2 Å². The maximum absolute atomic E-state index is 9.67. The lowest BCUT2D eigenvalue weighted by Gasteiger charge is -2.14. The molecule has 0 spiro atoms. The van der Waals surface area contributed by atoms with Gasteiger partial charge in [-0.1, -0.05) is 0 Å². The van der Waals surface area contributed by atoms with Gasteiger partial charge in [0.05, 0.1) is 28.2 Å². The number of rotatable bonds is 0. The van der Waals surface area contributed by atoms with Gasteiger partial charge in [-0.05, 0) is 0 Å². The maximum Gasteiger partial charge on any atom is 0.379 e. The van der Waals surface area contributed by atoms with Gasteiger partial charge in [0.1, 0.15) is 0 Å². The van der Waals surface area contributed by atoms with E-state index in [9.17, 15) is 13.2 Å². The fourth-order valence-electron chi connectivity index (χ4n) is 0. The van der Waals surface area contributed by atoms with Gasteiger partial charge in [-0.15, -0.1) is 0 Å². The third-order valence-corrected chi connectivity index (χ3v) is 0. The van der Waals surface area contributed by atoms with E-state index < -0.39 is 6.68 Å². The Bertz CT molecular complexity index is 49.0. The summed E-state index contributed by atoms with van der Waals surface area (Å²) in [6.45, 7) is -3.67. The average molecular weight is 144 g/mol. The molecular formula is C5H13F3N+. The summed E-state index contributed by atoms with van der Waals surface area (Å²) in [4.78, 5) is 0. The molecule has 0 aliphatic carbocycles. The Kier molecular flexibility index (Phi) is 5.91. The molecule has 0 radical (unpaired) electrons. The second-order valence-electron chi connectivity index (χ2n) is 2.93. The molecule has 0 amide bonds. The van der Waals surface area contributed by atoms with Gasteiger partial charge in [0.2, 0.25) is 0 Å². The van der Waals surface area contributed by atoms with Crippen molar-refractivity contribution in [3.63, 3.8) is 0 Å². The SMILES string of the molecule is C[N+](C)(C)C.FC(F)F. The second kappa shape index (κ2) is 4.61. The minimum absolute atomic E-state index is 1.00. The van der Waals surface area contributed by atoms with Crippen LogP contribution < -0.4 is 0 Å². The number of quaternary nitrogens is 1. The first-order valence-electron chi connectivity index (χ1n) is 2.44. The minimum atomic E-state index is -3.67. The molecule has 0 aliphatic rings. The Morgan fingerprint density at radius 3 is 0.889 bits per heavy atom. The molecular weight excluding hydrogens is 131 g/mol. The Balaban J connectivity index is 0. The molecule has 0 atom stereocenters. The Hall–Kier alpha value is -0.250.